The van der Waals surface area contributed by atoms with Gasteiger partial charge in [0.15, 0.2) is 0 Å². The van der Waals surface area contributed by atoms with Crippen LogP contribution in [0, 0.1) is 18.8 Å². The first-order valence-electron chi connectivity index (χ1n) is 8.05. The van der Waals surface area contributed by atoms with Crippen molar-refractivity contribution in [1.29, 1.82) is 0 Å². The number of hydrogen-bond acceptors (Lipinski definition) is 3. The molecule has 0 fully saturated rings. The number of aryl methyl sites for hydroxylation is 1. The molecule has 0 aliphatic carbocycles. The number of fused-ring (bicyclic) bond motifs is 2. The largest absolute Gasteiger partial charge is 0.346 e. The highest BCUT2D eigenvalue weighted by Crippen LogP contribution is 2.24. The van der Waals surface area contributed by atoms with Crippen LogP contribution in [0.15, 0.2) is 30.5 Å². The van der Waals surface area contributed by atoms with Gasteiger partial charge < -0.3 is 9.55 Å². The Balaban J connectivity index is 1.93. The molecule has 0 amide bonds. The van der Waals surface area contributed by atoms with Crippen molar-refractivity contribution in [2.24, 2.45) is 0 Å². The molecule has 0 aliphatic rings. The van der Waals surface area contributed by atoms with Crippen LogP contribution in [-0.4, -0.2) is 24.5 Å². The highest BCUT2D eigenvalue weighted by atomic mass is 35.5. The number of nitrogens with zero attached hydrogens (tertiary/aromatic N) is 4. The summed E-state index contributed by atoms with van der Waals surface area (Å²) in [7, 11) is 0. The van der Waals surface area contributed by atoms with Crippen LogP contribution in [0.5, 0.6) is 0 Å². The summed E-state index contributed by atoms with van der Waals surface area (Å²) in [6.45, 7) is 6.31. The number of H-pyrrole nitrogens is 1. The van der Waals surface area contributed by atoms with Crippen molar-refractivity contribution in [3.63, 3.8) is 0 Å². The van der Waals surface area contributed by atoms with Crippen LogP contribution in [-0.2, 0) is 0 Å². The van der Waals surface area contributed by atoms with Crippen LogP contribution in [0.4, 0.5) is 0 Å². The maximum absolute atomic E-state index is 6.00. The van der Waals surface area contributed by atoms with Crippen molar-refractivity contribution in [2.75, 3.05) is 0 Å². The zero-order chi connectivity index (χ0) is 17.6. The molecule has 0 bridgehead atoms. The number of imidazole rings is 1. The fourth-order valence-corrected chi connectivity index (χ4v) is 3.30. The Morgan fingerprint density at radius 3 is 2.76 bits per heavy atom. The van der Waals surface area contributed by atoms with Crippen LogP contribution < -0.4 is 0 Å². The van der Waals surface area contributed by atoms with Gasteiger partial charge in [-0.2, -0.15) is 4.98 Å². The molecule has 0 unspecified atom stereocenters. The van der Waals surface area contributed by atoms with E-state index in [1.54, 1.807) is 6.20 Å². The summed E-state index contributed by atoms with van der Waals surface area (Å²) < 4.78 is 2.21. The van der Waals surface area contributed by atoms with E-state index in [4.69, 9.17) is 11.6 Å². The molecule has 0 spiro atoms. The van der Waals surface area contributed by atoms with Gasteiger partial charge in [-0.1, -0.05) is 12.0 Å². The summed E-state index contributed by atoms with van der Waals surface area (Å²) in [5.74, 6) is 7.38. The van der Waals surface area contributed by atoms with Crippen molar-refractivity contribution in [1.82, 2.24) is 24.5 Å². The molecule has 1 N–H and O–H groups in total. The van der Waals surface area contributed by atoms with Gasteiger partial charge in [-0.15, -0.1) is 0 Å². The number of para-hydroxylation sites is 1. The highest BCUT2D eigenvalue weighted by Gasteiger charge is 2.13. The highest BCUT2D eigenvalue weighted by molar-refractivity contribution is 6.28. The standard InChI is InChI=1S/C19H16ClN5/c1-11(2)25-12(3)22-16-6-4-5-13(17(16)25)7-8-15-14-9-10-21-18(14)24-19(20)23-15/h4-6,9-11H,1-3H3,(H,21,23,24). The number of rotatable bonds is 1. The van der Waals surface area contributed by atoms with Crippen molar-refractivity contribution in [2.45, 2.75) is 26.8 Å². The van der Waals surface area contributed by atoms with Crippen LogP contribution in [0.25, 0.3) is 22.1 Å². The van der Waals surface area contributed by atoms with Gasteiger partial charge in [-0.05, 0) is 56.5 Å². The minimum atomic E-state index is 0.181. The van der Waals surface area contributed by atoms with Gasteiger partial charge in [0.1, 0.15) is 17.2 Å². The van der Waals surface area contributed by atoms with Crippen LogP contribution in [0.3, 0.4) is 0 Å². The number of aromatic amines is 1. The summed E-state index contributed by atoms with van der Waals surface area (Å²) in [6, 6.07) is 8.20. The molecule has 4 rings (SSSR count). The Labute approximate surface area is 150 Å². The monoisotopic (exact) mass is 349 g/mol. The van der Waals surface area contributed by atoms with Gasteiger partial charge in [0.05, 0.1) is 22.0 Å². The lowest BCUT2D eigenvalue weighted by atomic mass is 10.1. The number of benzene rings is 1. The van der Waals surface area contributed by atoms with E-state index in [0.717, 1.165) is 27.8 Å². The van der Waals surface area contributed by atoms with E-state index < -0.39 is 0 Å². The first kappa shape index (κ1) is 15.7. The third-order valence-electron chi connectivity index (χ3n) is 4.11. The van der Waals surface area contributed by atoms with Crippen LogP contribution >= 0.6 is 11.6 Å². The second-order valence-electron chi connectivity index (χ2n) is 6.13. The van der Waals surface area contributed by atoms with Gasteiger partial charge in [0, 0.05) is 12.2 Å². The number of hydrogen-bond donors (Lipinski definition) is 1. The first-order valence-corrected chi connectivity index (χ1v) is 8.42. The molecule has 1 aromatic carbocycles. The fraction of sp³-hybridized carbons (Fsp3) is 0.211. The van der Waals surface area contributed by atoms with Crippen LogP contribution in [0.2, 0.25) is 5.28 Å². The molecular weight excluding hydrogens is 334 g/mol. The lowest BCUT2D eigenvalue weighted by Gasteiger charge is -2.11. The summed E-state index contributed by atoms with van der Waals surface area (Å²) in [5, 5.41) is 1.04. The van der Waals surface area contributed by atoms with Crippen LogP contribution in [0.1, 0.15) is 37.0 Å². The first-order chi connectivity index (χ1) is 12.0. The topological polar surface area (TPSA) is 59.4 Å². The molecule has 0 radical (unpaired) electrons. The molecule has 3 aromatic heterocycles. The Morgan fingerprint density at radius 2 is 1.96 bits per heavy atom. The third kappa shape index (κ3) is 2.65. The SMILES string of the molecule is Cc1nc2cccc(C#Cc3nc(Cl)nc4[nH]ccc34)c2n1C(C)C. The predicted molar refractivity (Wildman–Crippen MR) is 99.7 cm³/mol. The lowest BCUT2D eigenvalue weighted by Crippen LogP contribution is -2.03. The van der Waals surface area contributed by atoms with E-state index in [-0.39, 0.29) is 5.28 Å². The van der Waals surface area contributed by atoms with Crippen molar-refractivity contribution in [3.05, 3.63) is 52.8 Å². The van der Waals surface area contributed by atoms with E-state index in [0.29, 0.717) is 17.4 Å². The molecule has 25 heavy (non-hydrogen) atoms. The zero-order valence-corrected chi connectivity index (χ0v) is 14.9. The zero-order valence-electron chi connectivity index (χ0n) is 14.1. The Hall–Kier alpha value is -2.84. The summed E-state index contributed by atoms with van der Waals surface area (Å²) >= 11 is 6.00. The van der Waals surface area contributed by atoms with E-state index in [2.05, 4.69) is 50.2 Å². The van der Waals surface area contributed by atoms with E-state index in [1.165, 1.54) is 0 Å². The maximum atomic E-state index is 6.00. The summed E-state index contributed by atoms with van der Waals surface area (Å²) in [4.78, 5) is 16.1. The Morgan fingerprint density at radius 1 is 1.12 bits per heavy atom. The average Bonchev–Trinajstić information content (AvgIpc) is 3.15. The number of aromatic nitrogens is 5. The fourth-order valence-electron chi connectivity index (χ4n) is 3.13. The molecule has 0 saturated heterocycles. The molecule has 0 aliphatic heterocycles. The predicted octanol–water partition coefficient (Wildman–Crippen LogP) is 4.25. The minimum absolute atomic E-state index is 0.181. The maximum Gasteiger partial charge on any atom is 0.225 e. The van der Waals surface area contributed by atoms with Gasteiger partial charge in [-0.3, -0.25) is 0 Å². The van der Waals surface area contributed by atoms with Gasteiger partial charge in [0.2, 0.25) is 5.28 Å². The summed E-state index contributed by atoms with van der Waals surface area (Å²) in [6.07, 6.45) is 1.80. The van der Waals surface area contributed by atoms with Gasteiger partial charge >= 0.3 is 0 Å². The molecule has 0 saturated carbocycles. The minimum Gasteiger partial charge on any atom is -0.346 e. The van der Waals surface area contributed by atoms with Crippen molar-refractivity contribution < 1.29 is 0 Å². The number of halogens is 1. The van der Waals surface area contributed by atoms with E-state index >= 15 is 0 Å². The molecule has 0 atom stereocenters. The van der Waals surface area contributed by atoms with E-state index in [1.807, 2.05) is 31.2 Å². The molecule has 5 nitrogen and oxygen atoms in total. The molecule has 124 valence electrons. The average molecular weight is 350 g/mol. The molecule has 4 aromatic rings. The lowest BCUT2D eigenvalue weighted by molar-refractivity contribution is 0.599. The van der Waals surface area contributed by atoms with Crippen molar-refractivity contribution in [3.8, 4) is 11.8 Å². The second-order valence-corrected chi connectivity index (χ2v) is 6.47. The molecule has 3 heterocycles. The van der Waals surface area contributed by atoms with E-state index in [9.17, 15) is 0 Å². The smallest absolute Gasteiger partial charge is 0.225 e. The quantitative estimate of drug-likeness (QED) is 0.413. The normalized spacial score (nSPS) is 11.2. The Kier molecular flexibility index (Phi) is 3.70. The van der Waals surface area contributed by atoms with Crippen molar-refractivity contribution >= 4 is 33.7 Å². The van der Waals surface area contributed by atoms with Gasteiger partial charge in [-0.25, -0.2) is 9.97 Å². The third-order valence-corrected chi connectivity index (χ3v) is 4.28. The molecule has 6 heteroatoms. The van der Waals surface area contributed by atoms with Gasteiger partial charge in [0.25, 0.3) is 0 Å². The second kappa shape index (κ2) is 5.91. The molecular formula is C19H16ClN5. The number of nitrogens with one attached hydrogen (secondary N) is 1. The Bertz CT molecular complexity index is 1160. The summed E-state index contributed by atoms with van der Waals surface area (Å²) in [5.41, 5.74) is 4.22.